The summed E-state index contributed by atoms with van der Waals surface area (Å²) in [5, 5.41) is 32.0. The van der Waals surface area contributed by atoms with Crippen molar-refractivity contribution in [2.45, 2.75) is 37.2 Å². The molecule has 1 aromatic rings. The highest BCUT2D eigenvalue weighted by Crippen LogP contribution is 2.16. The average Bonchev–Trinajstić information content (AvgIpc) is 2.48. The van der Waals surface area contributed by atoms with Crippen LogP contribution in [0.25, 0.3) is 0 Å². The van der Waals surface area contributed by atoms with Gasteiger partial charge in [-0.2, -0.15) is 11.8 Å². The maximum absolute atomic E-state index is 9.86. The molecule has 5 heteroatoms. The fourth-order valence-corrected chi connectivity index (χ4v) is 3.40. The van der Waals surface area contributed by atoms with E-state index in [1.54, 1.807) is 0 Å². The molecule has 1 heterocycles. The number of hydrogen-bond acceptors (Lipinski definition) is 5. The normalized spacial score (nSPS) is 30.4. The zero-order chi connectivity index (χ0) is 14.4. The topological polar surface area (TPSA) is 72.7 Å². The minimum absolute atomic E-state index is 0.127. The number of rotatable bonds is 6. The SMILES string of the molecule is O[C@@H]1[C@@H](O)[C@@H](CCSCCc2ccccc2)NC[C@H]1O. The second-order valence-electron chi connectivity index (χ2n) is 5.20. The van der Waals surface area contributed by atoms with Gasteiger partial charge in [0.15, 0.2) is 0 Å². The van der Waals surface area contributed by atoms with Gasteiger partial charge in [0.25, 0.3) is 0 Å². The molecule has 0 bridgehead atoms. The molecule has 1 aliphatic rings. The molecule has 0 radical (unpaired) electrons. The zero-order valence-electron chi connectivity index (χ0n) is 11.5. The van der Waals surface area contributed by atoms with Crippen LogP contribution in [0.2, 0.25) is 0 Å². The lowest BCUT2D eigenvalue weighted by molar-refractivity contribution is -0.0941. The average molecular weight is 297 g/mol. The molecule has 0 amide bonds. The van der Waals surface area contributed by atoms with E-state index in [-0.39, 0.29) is 6.04 Å². The van der Waals surface area contributed by atoms with Crippen molar-refractivity contribution in [2.24, 2.45) is 0 Å². The molecule has 1 saturated heterocycles. The van der Waals surface area contributed by atoms with Crippen LogP contribution < -0.4 is 5.32 Å². The van der Waals surface area contributed by atoms with Crippen LogP contribution in [0.5, 0.6) is 0 Å². The van der Waals surface area contributed by atoms with Gasteiger partial charge in [0.1, 0.15) is 6.10 Å². The molecule has 112 valence electrons. The Bertz CT molecular complexity index is 390. The maximum Gasteiger partial charge on any atom is 0.108 e. The number of β-amino-alcohol motifs (C(OH)–C–C–N with tert-alkyl or cyclic N) is 1. The lowest BCUT2D eigenvalue weighted by atomic mass is 9.94. The van der Waals surface area contributed by atoms with Crippen LogP contribution in [0, 0.1) is 0 Å². The molecular formula is C15H23NO3S. The van der Waals surface area contributed by atoms with E-state index >= 15 is 0 Å². The third-order valence-electron chi connectivity index (χ3n) is 3.70. The Balaban J connectivity index is 1.61. The summed E-state index contributed by atoms with van der Waals surface area (Å²) in [4.78, 5) is 0. The highest BCUT2D eigenvalue weighted by atomic mass is 32.2. The van der Waals surface area contributed by atoms with Crippen LogP contribution in [0.3, 0.4) is 0 Å². The van der Waals surface area contributed by atoms with Gasteiger partial charge >= 0.3 is 0 Å². The number of piperidine rings is 1. The van der Waals surface area contributed by atoms with Gasteiger partial charge in [0, 0.05) is 12.6 Å². The van der Waals surface area contributed by atoms with E-state index in [1.165, 1.54) is 5.56 Å². The minimum atomic E-state index is -1.03. The number of hydrogen-bond donors (Lipinski definition) is 4. The van der Waals surface area contributed by atoms with E-state index in [0.29, 0.717) is 6.54 Å². The van der Waals surface area contributed by atoms with Crippen molar-refractivity contribution < 1.29 is 15.3 Å². The molecule has 4 nitrogen and oxygen atoms in total. The summed E-state index contributed by atoms with van der Waals surface area (Å²) in [7, 11) is 0. The third-order valence-corrected chi connectivity index (χ3v) is 4.71. The van der Waals surface area contributed by atoms with E-state index in [2.05, 4.69) is 29.6 Å². The zero-order valence-corrected chi connectivity index (χ0v) is 12.3. The smallest absolute Gasteiger partial charge is 0.108 e. The highest BCUT2D eigenvalue weighted by Gasteiger charge is 2.35. The summed E-state index contributed by atoms with van der Waals surface area (Å²) < 4.78 is 0. The predicted molar refractivity (Wildman–Crippen MR) is 81.9 cm³/mol. The molecule has 1 aliphatic heterocycles. The first-order valence-corrected chi connectivity index (χ1v) is 8.23. The van der Waals surface area contributed by atoms with Crippen LogP contribution >= 0.6 is 11.8 Å². The standard InChI is InChI=1S/C15H23NO3S/c17-13-10-16-12(14(18)15(13)19)7-9-20-8-6-11-4-2-1-3-5-11/h1-5,12-19H,6-10H2/t12-,13-,14+,15+/m1/s1. The molecule has 0 aliphatic carbocycles. The fourth-order valence-electron chi connectivity index (χ4n) is 2.40. The third kappa shape index (κ3) is 4.46. The van der Waals surface area contributed by atoms with Gasteiger partial charge in [0.2, 0.25) is 0 Å². The Hall–Kier alpha value is -0.590. The molecule has 4 N–H and O–H groups in total. The van der Waals surface area contributed by atoms with Crippen molar-refractivity contribution in [1.29, 1.82) is 0 Å². The first-order valence-electron chi connectivity index (χ1n) is 7.07. The van der Waals surface area contributed by atoms with Gasteiger partial charge in [-0.3, -0.25) is 0 Å². The Kier molecular flexibility index (Phi) is 6.32. The van der Waals surface area contributed by atoms with E-state index in [9.17, 15) is 15.3 Å². The Morgan fingerprint density at radius 2 is 1.80 bits per heavy atom. The van der Waals surface area contributed by atoms with Crippen molar-refractivity contribution in [1.82, 2.24) is 5.32 Å². The van der Waals surface area contributed by atoms with Crippen molar-refractivity contribution in [3.63, 3.8) is 0 Å². The van der Waals surface area contributed by atoms with Gasteiger partial charge in [-0.05, 0) is 29.9 Å². The van der Waals surface area contributed by atoms with Crippen molar-refractivity contribution in [3.8, 4) is 0 Å². The van der Waals surface area contributed by atoms with Crippen LogP contribution in [0.1, 0.15) is 12.0 Å². The monoisotopic (exact) mass is 297 g/mol. The van der Waals surface area contributed by atoms with Gasteiger partial charge in [0.05, 0.1) is 12.2 Å². The molecule has 0 aromatic heterocycles. The fraction of sp³-hybridized carbons (Fsp3) is 0.600. The second kappa shape index (κ2) is 8.00. The van der Waals surface area contributed by atoms with E-state index in [4.69, 9.17) is 0 Å². The van der Waals surface area contributed by atoms with Gasteiger partial charge < -0.3 is 20.6 Å². The molecule has 4 atom stereocenters. The number of aliphatic hydroxyl groups excluding tert-OH is 3. The summed E-state index contributed by atoms with van der Waals surface area (Å²) >= 11 is 1.85. The van der Waals surface area contributed by atoms with Crippen LogP contribution in [0.4, 0.5) is 0 Å². The molecule has 0 saturated carbocycles. The van der Waals surface area contributed by atoms with Crippen LogP contribution in [0.15, 0.2) is 30.3 Å². The Labute approximate surface area is 124 Å². The predicted octanol–water partition coefficient (Wildman–Crippen LogP) is 0.407. The molecule has 20 heavy (non-hydrogen) atoms. The highest BCUT2D eigenvalue weighted by molar-refractivity contribution is 7.99. The molecule has 0 spiro atoms. The molecule has 1 fully saturated rings. The van der Waals surface area contributed by atoms with Gasteiger partial charge in [-0.1, -0.05) is 30.3 Å². The summed E-state index contributed by atoms with van der Waals surface area (Å²) in [5.74, 6) is 1.99. The molecule has 1 aromatic carbocycles. The number of aryl methyl sites for hydroxylation is 1. The summed E-state index contributed by atoms with van der Waals surface area (Å²) in [6.45, 7) is 0.345. The van der Waals surface area contributed by atoms with Crippen molar-refractivity contribution in [3.05, 3.63) is 35.9 Å². The van der Waals surface area contributed by atoms with Gasteiger partial charge in [-0.15, -0.1) is 0 Å². The first kappa shape index (κ1) is 15.8. The first-order chi connectivity index (χ1) is 9.68. The van der Waals surface area contributed by atoms with Crippen molar-refractivity contribution in [2.75, 3.05) is 18.1 Å². The largest absolute Gasteiger partial charge is 0.389 e. The van der Waals surface area contributed by atoms with Crippen LogP contribution in [-0.4, -0.2) is 57.7 Å². The van der Waals surface area contributed by atoms with E-state index in [0.717, 1.165) is 24.3 Å². The molecule has 0 unspecified atom stereocenters. The quantitative estimate of drug-likeness (QED) is 0.572. The lowest BCUT2D eigenvalue weighted by Crippen LogP contribution is -2.59. The van der Waals surface area contributed by atoms with E-state index < -0.39 is 18.3 Å². The van der Waals surface area contributed by atoms with Gasteiger partial charge in [-0.25, -0.2) is 0 Å². The molecular weight excluding hydrogens is 274 g/mol. The van der Waals surface area contributed by atoms with E-state index in [1.807, 2.05) is 17.8 Å². The Morgan fingerprint density at radius 1 is 1.05 bits per heavy atom. The number of benzene rings is 1. The summed E-state index contributed by atoms with van der Waals surface area (Å²) in [6.07, 6.45) is -0.936. The number of aliphatic hydroxyl groups is 3. The lowest BCUT2D eigenvalue weighted by Gasteiger charge is -2.36. The minimum Gasteiger partial charge on any atom is -0.389 e. The number of thioether (sulfide) groups is 1. The van der Waals surface area contributed by atoms with Crippen molar-refractivity contribution >= 4 is 11.8 Å². The summed E-state index contributed by atoms with van der Waals surface area (Å²) in [5.41, 5.74) is 1.34. The summed E-state index contributed by atoms with van der Waals surface area (Å²) in [6, 6.07) is 10.3. The Morgan fingerprint density at radius 3 is 2.55 bits per heavy atom. The van der Waals surface area contributed by atoms with Crippen LogP contribution in [-0.2, 0) is 6.42 Å². The second-order valence-corrected chi connectivity index (χ2v) is 6.42. The number of nitrogens with one attached hydrogen (secondary N) is 1. The maximum atomic E-state index is 9.86. The molecule has 2 rings (SSSR count).